The molecule has 5 nitrogen and oxygen atoms in total. The van der Waals surface area contributed by atoms with Gasteiger partial charge in [0.15, 0.2) is 0 Å². The Morgan fingerprint density at radius 2 is 1.54 bits per heavy atom. The maximum atomic E-state index is 12.7. The van der Waals surface area contributed by atoms with E-state index in [9.17, 15) is 9.59 Å². The van der Waals surface area contributed by atoms with Gasteiger partial charge in [0.1, 0.15) is 0 Å². The average Bonchev–Trinajstić information content (AvgIpc) is 2.60. The Labute approximate surface area is 170 Å². The van der Waals surface area contributed by atoms with Crippen molar-refractivity contribution in [2.24, 2.45) is 11.7 Å². The predicted molar refractivity (Wildman–Crippen MR) is 106 cm³/mol. The van der Waals surface area contributed by atoms with E-state index in [1.807, 2.05) is 4.90 Å². The number of carbonyl (C=O) groups is 2. The molecular weight excluding hydrogens is 397 g/mol. The van der Waals surface area contributed by atoms with Crippen LogP contribution in [0.15, 0.2) is 18.2 Å². The molecule has 0 bridgehead atoms. The van der Waals surface area contributed by atoms with E-state index in [2.05, 4.69) is 0 Å². The van der Waals surface area contributed by atoms with Crippen molar-refractivity contribution in [2.45, 2.75) is 31.7 Å². The lowest BCUT2D eigenvalue weighted by Crippen LogP contribution is -2.52. The van der Waals surface area contributed by atoms with Gasteiger partial charge in [0.25, 0.3) is 5.91 Å². The normalized spacial score (nSPS) is 23.3. The Bertz CT molecular complexity index is 643. The quantitative estimate of drug-likeness (QED) is 0.799. The highest BCUT2D eigenvalue weighted by molar-refractivity contribution is 6.35. The maximum absolute atomic E-state index is 12.7. The molecule has 1 heterocycles. The molecule has 2 N–H and O–H groups in total. The van der Waals surface area contributed by atoms with E-state index in [1.54, 1.807) is 23.1 Å². The Hall–Kier alpha value is -1.01. The van der Waals surface area contributed by atoms with Crippen LogP contribution in [-0.4, -0.2) is 53.8 Å². The zero-order chi connectivity index (χ0) is 18.0. The molecule has 2 fully saturated rings. The molecule has 2 aliphatic rings. The van der Waals surface area contributed by atoms with Crippen molar-refractivity contribution in [2.75, 3.05) is 26.2 Å². The summed E-state index contributed by atoms with van der Waals surface area (Å²) in [7, 11) is 0. The fraction of sp³-hybridized carbons (Fsp3) is 0.556. The largest absolute Gasteiger partial charge is 0.339 e. The zero-order valence-electron chi connectivity index (χ0n) is 14.5. The lowest BCUT2D eigenvalue weighted by molar-refractivity contribution is -0.138. The van der Waals surface area contributed by atoms with Crippen LogP contribution in [0, 0.1) is 5.92 Å². The SMILES string of the molecule is Cl.NC1CCCC(C(=O)N2CCN(C(=O)c3cc(Cl)cc(Cl)c3)CC2)C1. The number of hydrogen-bond acceptors (Lipinski definition) is 3. The first-order valence-corrected chi connectivity index (χ1v) is 9.49. The second kappa shape index (κ2) is 9.27. The number of hydrogen-bond donors (Lipinski definition) is 1. The second-order valence-electron chi connectivity index (χ2n) is 6.90. The Balaban J connectivity index is 0.00000243. The van der Waals surface area contributed by atoms with E-state index in [4.69, 9.17) is 28.9 Å². The number of piperazine rings is 1. The average molecular weight is 421 g/mol. The second-order valence-corrected chi connectivity index (χ2v) is 7.77. The van der Waals surface area contributed by atoms with Crippen LogP contribution in [0.3, 0.4) is 0 Å². The first-order valence-electron chi connectivity index (χ1n) is 8.74. The van der Waals surface area contributed by atoms with Crippen LogP contribution < -0.4 is 5.73 Å². The monoisotopic (exact) mass is 419 g/mol. The number of halogens is 3. The summed E-state index contributed by atoms with van der Waals surface area (Å²) in [4.78, 5) is 28.9. The fourth-order valence-corrected chi connectivity index (χ4v) is 4.23. The molecular formula is C18H24Cl3N3O2. The fourth-order valence-electron chi connectivity index (χ4n) is 3.70. The Kier molecular flexibility index (Phi) is 7.59. The number of nitrogens with two attached hydrogens (primary N) is 1. The number of amides is 2. The lowest BCUT2D eigenvalue weighted by atomic mass is 9.85. The molecule has 0 aromatic heterocycles. The van der Waals surface area contributed by atoms with Gasteiger partial charge >= 0.3 is 0 Å². The molecule has 1 aliphatic heterocycles. The standard InChI is InChI=1S/C18H23Cl2N3O2.ClH/c19-14-8-13(9-15(20)11-14)18(25)23-6-4-22(5-7-23)17(24)12-2-1-3-16(21)10-12;/h8-9,11-12,16H,1-7,10,21H2;1H. The van der Waals surface area contributed by atoms with Gasteiger partial charge in [-0.25, -0.2) is 0 Å². The van der Waals surface area contributed by atoms with Crippen LogP contribution in [0.5, 0.6) is 0 Å². The third-order valence-corrected chi connectivity index (χ3v) is 5.49. The van der Waals surface area contributed by atoms with Crippen molar-refractivity contribution in [3.8, 4) is 0 Å². The molecule has 0 spiro atoms. The van der Waals surface area contributed by atoms with Gasteiger partial charge < -0.3 is 15.5 Å². The minimum absolute atomic E-state index is 0. The molecule has 26 heavy (non-hydrogen) atoms. The molecule has 0 radical (unpaired) electrons. The van der Waals surface area contributed by atoms with Crippen molar-refractivity contribution in [3.05, 3.63) is 33.8 Å². The van der Waals surface area contributed by atoms with Gasteiger partial charge in [-0.2, -0.15) is 0 Å². The molecule has 1 saturated carbocycles. The van der Waals surface area contributed by atoms with Crippen molar-refractivity contribution < 1.29 is 9.59 Å². The summed E-state index contributed by atoms with van der Waals surface area (Å²) < 4.78 is 0. The van der Waals surface area contributed by atoms with E-state index in [0.29, 0.717) is 41.8 Å². The molecule has 144 valence electrons. The van der Waals surface area contributed by atoms with Crippen LogP contribution in [0.1, 0.15) is 36.0 Å². The number of rotatable bonds is 2. The van der Waals surface area contributed by atoms with Crippen molar-refractivity contribution >= 4 is 47.4 Å². The summed E-state index contributed by atoms with van der Waals surface area (Å²) in [6, 6.07) is 4.98. The van der Waals surface area contributed by atoms with Crippen LogP contribution >= 0.6 is 35.6 Å². The Morgan fingerprint density at radius 1 is 0.962 bits per heavy atom. The van der Waals surface area contributed by atoms with Gasteiger partial charge in [-0.3, -0.25) is 9.59 Å². The van der Waals surface area contributed by atoms with Gasteiger partial charge in [0.2, 0.25) is 5.91 Å². The van der Waals surface area contributed by atoms with E-state index >= 15 is 0 Å². The lowest BCUT2D eigenvalue weighted by Gasteiger charge is -2.37. The van der Waals surface area contributed by atoms with Gasteiger partial charge in [-0.1, -0.05) is 29.6 Å². The molecule has 2 unspecified atom stereocenters. The number of nitrogens with zero attached hydrogens (tertiary/aromatic N) is 2. The van der Waals surface area contributed by atoms with Crippen molar-refractivity contribution in [1.82, 2.24) is 9.80 Å². The Morgan fingerprint density at radius 3 is 2.12 bits per heavy atom. The number of carbonyl (C=O) groups excluding carboxylic acids is 2. The van der Waals surface area contributed by atoms with Gasteiger partial charge in [-0.15, -0.1) is 12.4 Å². The van der Waals surface area contributed by atoms with E-state index < -0.39 is 0 Å². The van der Waals surface area contributed by atoms with Crippen LogP contribution in [-0.2, 0) is 4.79 Å². The summed E-state index contributed by atoms with van der Waals surface area (Å²) in [5, 5.41) is 0.886. The van der Waals surface area contributed by atoms with Crippen molar-refractivity contribution in [3.63, 3.8) is 0 Å². The predicted octanol–water partition coefficient (Wildman–Crippen LogP) is 3.22. The highest BCUT2D eigenvalue weighted by Gasteiger charge is 2.31. The summed E-state index contributed by atoms with van der Waals surface area (Å²) >= 11 is 12.0. The molecule has 1 saturated heterocycles. The van der Waals surface area contributed by atoms with Crippen LogP contribution in [0.25, 0.3) is 0 Å². The van der Waals surface area contributed by atoms with Crippen LogP contribution in [0.2, 0.25) is 10.0 Å². The highest BCUT2D eigenvalue weighted by atomic mass is 35.5. The summed E-state index contributed by atoms with van der Waals surface area (Å²) in [6.07, 6.45) is 3.73. The maximum Gasteiger partial charge on any atom is 0.254 e. The molecule has 3 rings (SSSR count). The summed E-state index contributed by atoms with van der Waals surface area (Å²) in [5.74, 6) is 0.127. The molecule has 1 aromatic rings. The highest BCUT2D eigenvalue weighted by Crippen LogP contribution is 2.26. The van der Waals surface area contributed by atoms with Crippen molar-refractivity contribution in [1.29, 1.82) is 0 Å². The van der Waals surface area contributed by atoms with Gasteiger partial charge in [-0.05, 0) is 37.5 Å². The first kappa shape index (κ1) is 21.3. The molecule has 1 aliphatic carbocycles. The first-order chi connectivity index (χ1) is 11.9. The topological polar surface area (TPSA) is 66.6 Å². The van der Waals surface area contributed by atoms with Gasteiger partial charge in [0, 0.05) is 53.7 Å². The van der Waals surface area contributed by atoms with E-state index in [0.717, 1.165) is 25.7 Å². The minimum atomic E-state index is -0.101. The zero-order valence-corrected chi connectivity index (χ0v) is 16.8. The van der Waals surface area contributed by atoms with E-state index in [-0.39, 0.29) is 36.2 Å². The van der Waals surface area contributed by atoms with E-state index in [1.165, 1.54) is 0 Å². The van der Waals surface area contributed by atoms with Crippen LogP contribution in [0.4, 0.5) is 0 Å². The summed E-state index contributed by atoms with van der Waals surface area (Å²) in [6.45, 7) is 2.16. The number of benzene rings is 1. The molecule has 2 amide bonds. The smallest absolute Gasteiger partial charge is 0.254 e. The summed E-state index contributed by atoms with van der Waals surface area (Å²) in [5.41, 5.74) is 6.48. The van der Waals surface area contributed by atoms with Gasteiger partial charge in [0.05, 0.1) is 0 Å². The molecule has 2 atom stereocenters. The third kappa shape index (κ3) is 5.03. The third-order valence-electron chi connectivity index (χ3n) is 5.05. The minimum Gasteiger partial charge on any atom is -0.339 e. The molecule has 8 heteroatoms. The molecule has 1 aromatic carbocycles.